The Kier molecular flexibility index (Phi) is 4.12. The third-order valence-corrected chi connectivity index (χ3v) is 4.51. The molecule has 0 aliphatic heterocycles. The highest BCUT2D eigenvalue weighted by Gasteiger charge is 2.38. The lowest BCUT2D eigenvalue weighted by molar-refractivity contribution is -0.151. The minimum atomic E-state index is -0.937. The molecule has 4 nitrogen and oxygen atoms in total. The van der Waals surface area contributed by atoms with Crippen molar-refractivity contribution in [2.75, 3.05) is 6.61 Å². The molecule has 0 saturated heterocycles. The van der Waals surface area contributed by atoms with Crippen molar-refractivity contribution >= 4 is 16.9 Å². The molecule has 1 fully saturated rings. The molecule has 0 radical (unpaired) electrons. The van der Waals surface area contributed by atoms with Crippen LogP contribution in [0.1, 0.15) is 38.3 Å². The van der Waals surface area contributed by atoms with Gasteiger partial charge in [-0.3, -0.25) is 4.79 Å². The summed E-state index contributed by atoms with van der Waals surface area (Å²) in [6.07, 6.45) is 2.37. The largest absolute Gasteiger partial charge is 0.466 e. The first-order valence-electron chi connectivity index (χ1n) is 7.88. The predicted molar refractivity (Wildman–Crippen MR) is 84.2 cm³/mol. The first-order chi connectivity index (χ1) is 10.6. The van der Waals surface area contributed by atoms with Gasteiger partial charge in [0.25, 0.3) is 0 Å². The van der Waals surface area contributed by atoms with Crippen LogP contribution in [0.2, 0.25) is 0 Å². The van der Waals surface area contributed by atoms with Crippen molar-refractivity contribution < 1.29 is 14.6 Å². The molecule has 1 saturated carbocycles. The van der Waals surface area contributed by atoms with E-state index >= 15 is 0 Å². The zero-order chi connectivity index (χ0) is 15.6. The Labute approximate surface area is 130 Å². The van der Waals surface area contributed by atoms with Gasteiger partial charge in [0.05, 0.1) is 23.7 Å². The molecule has 1 N–H and O–H groups in total. The first-order valence-corrected chi connectivity index (χ1v) is 7.88. The molecule has 116 valence electrons. The molecule has 0 atom stereocenters. The Morgan fingerprint density at radius 1 is 1.27 bits per heavy atom. The Morgan fingerprint density at radius 2 is 2.00 bits per heavy atom. The van der Waals surface area contributed by atoms with Gasteiger partial charge in [0.1, 0.15) is 5.60 Å². The molecular weight excluding hydrogens is 278 g/mol. The minimum Gasteiger partial charge on any atom is -0.466 e. The fourth-order valence-electron chi connectivity index (χ4n) is 3.17. The van der Waals surface area contributed by atoms with Crippen molar-refractivity contribution in [3.63, 3.8) is 0 Å². The van der Waals surface area contributed by atoms with E-state index in [1.165, 1.54) is 0 Å². The maximum Gasteiger partial charge on any atom is 0.308 e. The number of esters is 1. The molecule has 3 rings (SSSR count). The van der Waals surface area contributed by atoms with Gasteiger partial charge in [0.2, 0.25) is 0 Å². The van der Waals surface area contributed by atoms with Crippen LogP contribution in [-0.4, -0.2) is 22.7 Å². The lowest BCUT2D eigenvalue weighted by atomic mass is 9.77. The van der Waals surface area contributed by atoms with E-state index in [0.29, 0.717) is 38.0 Å². The second-order valence-corrected chi connectivity index (χ2v) is 5.95. The summed E-state index contributed by atoms with van der Waals surface area (Å²) in [7, 11) is 0. The third kappa shape index (κ3) is 2.83. The molecule has 0 amide bonds. The van der Waals surface area contributed by atoms with Crippen molar-refractivity contribution in [1.29, 1.82) is 0 Å². The summed E-state index contributed by atoms with van der Waals surface area (Å²) in [5.74, 6) is -0.239. The monoisotopic (exact) mass is 299 g/mol. The van der Waals surface area contributed by atoms with Crippen molar-refractivity contribution in [1.82, 2.24) is 4.98 Å². The number of pyridine rings is 1. The molecule has 1 aromatic carbocycles. The summed E-state index contributed by atoms with van der Waals surface area (Å²) in [5, 5.41) is 12.0. The van der Waals surface area contributed by atoms with Gasteiger partial charge >= 0.3 is 5.97 Å². The van der Waals surface area contributed by atoms with Crippen LogP contribution < -0.4 is 0 Å². The SMILES string of the molecule is CCOC(=O)C1CCC(O)(c2ccc3ccccc3n2)CC1. The Hall–Kier alpha value is -1.94. The molecule has 4 heteroatoms. The standard InChI is InChI=1S/C18H21NO3/c1-2-22-17(20)14-9-11-18(21,12-10-14)16-8-7-13-5-3-4-6-15(13)19-16/h3-8,14,21H,2,9-12H2,1H3. The molecule has 0 unspecified atom stereocenters. The molecule has 0 bridgehead atoms. The van der Waals surface area contributed by atoms with Gasteiger partial charge in [-0.25, -0.2) is 4.98 Å². The summed E-state index contributed by atoms with van der Waals surface area (Å²) in [6.45, 7) is 2.22. The van der Waals surface area contributed by atoms with Crippen molar-refractivity contribution in [2.24, 2.45) is 5.92 Å². The summed E-state index contributed by atoms with van der Waals surface area (Å²) in [5.41, 5.74) is 0.655. The minimum absolute atomic E-state index is 0.0966. The van der Waals surface area contributed by atoms with Crippen LogP contribution in [0.25, 0.3) is 10.9 Å². The van der Waals surface area contributed by atoms with E-state index in [2.05, 4.69) is 4.98 Å². The molecule has 22 heavy (non-hydrogen) atoms. The lowest BCUT2D eigenvalue weighted by Gasteiger charge is -2.34. The van der Waals surface area contributed by atoms with E-state index in [0.717, 1.165) is 10.9 Å². The van der Waals surface area contributed by atoms with Crippen LogP contribution in [0.5, 0.6) is 0 Å². The molecule has 0 spiro atoms. The average molecular weight is 299 g/mol. The number of aliphatic hydroxyl groups is 1. The number of benzene rings is 1. The van der Waals surface area contributed by atoms with Gasteiger partial charge in [0, 0.05) is 5.39 Å². The second kappa shape index (κ2) is 6.05. The number of carbonyl (C=O) groups excluding carboxylic acids is 1. The number of aromatic nitrogens is 1. The van der Waals surface area contributed by atoms with E-state index in [4.69, 9.17) is 4.74 Å². The maximum atomic E-state index is 11.8. The number of ether oxygens (including phenoxy) is 1. The van der Waals surface area contributed by atoms with Gasteiger partial charge in [0.15, 0.2) is 0 Å². The molecule has 1 aliphatic carbocycles. The lowest BCUT2D eigenvalue weighted by Crippen LogP contribution is -2.35. The van der Waals surface area contributed by atoms with E-state index in [1.807, 2.05) is 43.3 Å². The van der Waals surface area contributed by atoms with E-state index in [-0.39, 0.29) is 11.9 Å². The van der Waals surface area contributed by atoms with Crippen molar-refractivity contribution in [3.05, 3.63) is 42.1 Å². The first kappa shape index (κ1) is 15.0. The van der Waals surface area contributed by atoms with E-state index in [1.54, 1.807) is 0 Å². The normalized spacial score (nSPS) is 25.1. The number of rotatable bonds is 3. The highest BCUT2D eigenvalue weighted by molar-refractivity contribution is 5.78. The number of carbonyl (C=O) groups is 1. The predicted octanol–water partition coefficient (Wildman–Crippen LogP) is 3.18. The number of para-hydroxylation sites is 1. The summed E-state index contributed by atoms with van der Waals surface area (Å²) >= 11 is 0. The van der Waals surface area contributed by atoms with Gasteiger partial charge in [-0.05, 0) is 44.7 Å². The second-order valence-electron chi connectivity index (χ2n) is 5.95. The molecule has 1 aliphatic rings. The summed E-state index contributed by atoms with van der Waals surface area (Å²) in [4.78, 5) is 16.4. The molecular formula is C18H21NO3. The maximum absolute atomic E-state index is 11.8. The third-order valence-electron chi connectivity index (χ3n) is 4.51. The van der Waals surface area contributed by atoms with Gasteiger partial charge < -0.3 is 9.84 Å². The van der Waals surface area contributed by atoms with Crippen LogP contribution in [0.15, 0.2) is 36.4 Å². The molecule has 1 heterocycles. The van der Waals surface area contributed by atoms with Crippen LogP contribution in [0.4, 0.5) is 0 Å². The number of hydrogen-bond donors (Lipinski definition) is 1. The van der Waals surface area contributed by atoms with Gasteiger partial charge in [-0.2, -0.15) is 0 Å². The highest BCUT2D eigenvalue weighted by Crippen LogP contribution is 2.39. The van der Waals surface area contributed by atoms with Gasteiger partial charge in [-0.1, -0.05) is 24.3 Å². The number of nitrogens with zero attached hydrogens (tertiary/aromatic N) is 1. The Morgan fingerprint density at radius 3 is 2.73 bits per heavy atom. The average Bonchev–Trinajstić information content (AvgIpc) is 2.55. The molecule has 2 aromatic rings. The van der Waals surface area contributed by atoms with Crippen LogP contribution >= 0.6 is 0 Å². The van der Waals surface area contributed by atoms with Crippen LogP contribution in [0, 0.1) is 5.92 Å². The van der Waals surface area contributed by atoms with E-state index < -0.39 is 5.60 Å². The van der Waals surface area contributed by atoms with Crippen LogP contribution in [-0.2, 0) is 15.1 Å². The van der Waals surface area contributed by atoms with Gasteiger partial charge in [-0.15, -0.1) is 0 Å². The Balaban J connectivity index is 1.77. The quantitative estimate of drug-likeness (QED) is 0.884. The molecule has 1 aromatic heterocycles. The smallest absolute Gasteiger partial charge is 0.308 e. The fraction of sp³-hybridized carbons (Fsp3) is 0.444. The fourth-order valence-corrected chi connectivity index (χ4v) is 3.17. The zero-order valence-electron chi connectivity index (χ0n) is 12.8. The highest BCUT2D eigenvalue weighted by atomic mass is 16.5. The zero-order valence-corrected chi connectivity index (χ0v) is 12.8. The number of hydrogen-bond acceptors (Lipinski definition) is 4. The topological polar surface area (TPSA) is 59.4 Å². The van der Waals surface area contributed by atoms with Crippen molar-refractivity contribution in [2.45, 2.75) is 38.2 Å². The number of fused-ring (bicyclic) bond motifs is 1. The van der Waals surface area contributed by atoms with E-state index in [9.17, 15) is 9.90 Å². The summed E-state index contributed by atoms with van der Waals surface area (Å²) < 4.78 is 5.08. The van der Waals surface area contributed by atoms with Crippen molar-refractivity contribution in [3.8, 4) is 0 Å². The van der Waals surface area contributed by atoms with Crippen LogP contribution in [0.3, 0.4) is 0 Å². The summed E-state index contributed by atoms with van der Waals surface area (Å²) in [6, 6.07) is 11.8. The Bertz CT molecular complexity index is 675.